The molecule has 48 heavy (non-hydrogen) atoms. The minimum Gasteiger partial charge on any atom is -0.361 e. The summed E-state index contributed by atoms with van der Waals surface area (Å²) in [6, 6.07) is 21.6. The number of carbonyl (C=O) groups is 1. The molecule has 3 aliphatic carbocycles. The van der Waals surface area contributed by atoms with Gasteiger partial charge < -0.3 is 4.74 Å². The zero-order valence-electron chi connectivity index (χ0n) is 30.7. The molecule has 2 atom stereocenters. The van der Waals surface area contributed by atoms with Gasteiger partial charge in [-0.25, -0.2) is 0 Å². The molecule has 3 saturated carbocycles. The summed E-state index contributed by atoms with van der Waals surface area (Å²) in [4.78, 5) is 12.9. The van der Waals surface area contributed by atoms with Crippen molar-refractivity contribution in [2.24, 2.45) is 23.2 Å². The topological polar surface area (TPSA) is 26.3 Å². The molecule has 0 aliphatic heterocycles. The molecule has 0 aromatic heterocycles. The fraction of sp³-hybridized carbons (Fsp3) is 0.674. The highest BCUT2D eigenvalue weighted by atomic mass is 16.5. The molecule has 0 radical (unpaired) electrons. The summed E-state index contributed by atoms with van der Waals surface area (Å²) in [7, 11) is 0. The van der Waals surface area contributed by atoms with Crippen LogP contribution in [-0.2, 0) is 15.1 Å². The summed E-state index contributed by atoms with van der Waals surface area (Å²) in [5.74, 6) is 2.91. The summed E-state index contributed by atoms with van der Waals surface area (Å²) in [6.07, 6.45) is 30.5. The summed E-state index contributed by atoms with van der Waals surface area (Å²) >= 11 is 0. The molecule has 2 unspecified atom stereocenters. The number of unbranched alkanes of at least 4 members (excludes halogenated alkanes) is 11. The van der Waals surface area contributed by atoms with E-state index in [0.717, 1.165) is 48.6 Å². The maximum atomic E-state index is 12.9. The standard InChI is InChI=1S/C46H68O2/c1-3-4-5-6-7-8-9-10-11-12-13-20-28-44(47)29-23-34-48-46(40-24-16-14-17-25-40,41-26-18-15-19-27-41)38(2)35-39-36-42-30-31-43(37-39)45(42)32-21-22-33-45/h14-19,24-27,39,42-43H,2-13,20-23,28-37H2,1H3. The molecule has 5 rings (SSSR count). The van der Waals surface area contributed by atoms with Crippen LogP contribution in [0, 0.1) is 23.2 Å². The van der Waals surface area contributed by atoms with E-state index in [1.54, 1.807) is 0 Å². The first-order valence-electron chi connectivity index (χ1n) is 20.5. The Morgan fingerprint density at radius 1 is 0.708 bits per heavy atom. The van der Waals surface area contributed by atoms with Gasteiger partial charge in [0.05, 0.1) is 0 Å². The van der Waals surface area contributed by atoms with Crippen LogP contribution in [0.1, 0.15) is 172 Å². The van der Waals surface area contributed by atoms with E-state index >= 15 is 0 Å². The molecule has 1 spiro atoms. The minimum atomic E-state index is -0.692. The van der Waals surface area contributed by atoms with Gasteiger partial charge in [-0.1, -0.05) is 158 Å². The number of rotatable bonds is 23. The summed E-state index contributed by atoms with van der Waals surface area (Å²) in [5.41, 5.74) is 3.49. The van der Waals surface area contributed by atoms with Crippen molar-refractivity contribution in [3.05, 3.63) is 83.9 Å². The molecule has 2 bridgehead atoms. The predicted octanol–water partition coefficient (Wildman–Crippen LogP) is 13.3. The van der Waals surface area contributed by atoms with Gasteiger partial charge in [-0.3, -0.25) is 4.79 Å². The molecule has 3 fully saturated rings. The van der Waals surface area contributed by atoms with Crippen LogP contribution in [0.5, 0.6) is 0 Å². The zero-order valence-corrected chi connectivity index (χ0v) is 30.7. The maximum absolute atomic E-state index is 12.9. The lowest BCUT2D eigenvalue weighted by molar-refractivity contribution is -0.119. The molecule has 2 nitrogen and oxygen atoms in total. The Labute approximate surface area is 294 Å². The van der Waals surface area contributed by atoms with Gasteiger partial charge in [0.15, 0.2) is 0 Å². The van der Waals surface area contributed by atoms with Crippen LogP contribution in [-0.4, -0.2) is 12.4 Å². The van der Waals surface area contributed by atoms with Crippen molar-refractivity contribution >= 4 is 5.78 Å². The molecular weight excluding hydrogens is 585 g/mol. The third-order valence-corrected chi connectivity index (χ3v) is 12.9. The fourth-order valence-electron chi connectivity index (χ4n) is 10.4. The summed E-state index contributed by atoms with van der Waals surface area (Å²) in [6.45, 7) is 7.70. The molecule has 0 N–H and O–H groups in total. The van der Waals surface area contributed by atoms with Crippen LogP contribution < -0.4 is 0 Å². The average molecular weight is 653 g/mol. The number of benzene rings is 2. The van der Waals surface area contributed by atoms with Crippen molar-refractivity contribution in [1.29, 1.82) is 0 Å². The number of carbonyl (C=O) groups excluding carboxylic acids is 1. The van der Waals surface area contributed by atoms with Crippen LogP contribution in [0.4, 0.5) is 0 Å². The molecule has 0 amide bonds. The van der Waals surface area contributed by atoms with Gasteiger partial charge >= 0.3 is 0 Å². The molecule has 2 heteroatoms. The molecule has 2 aromatic carbocycles. The number of Topliss-reactive ketones (excluding diaryl/α,β-unsaturated/α-hetero) is 1. The number of hydrogen-bond acceptors (Lipinski definition) is 2. The normalized spacial score (nSPS) is 21.6. The fourth-order valence-corrected chi connectivity index (χ4v) is 10.4. The Morgan fingerprint density at radius 2 is 1.19 bits per heavy atom. The second-order valence-corrected chi connectivity index (χ2v) is 16.1. The van der Waals surface area contributed by atoms with Gasteiger partial charge in [0.1, 0.15) is 11.4 Å². The van der Waals surface area contributed by atoms with Crippen molar-refractivity contribution in [3.63, 3.8) is 0 Å². The van der Waals surface area contributed by atoms with Gasteiger partial charge in [-0.2, -0.15) is 0 Å². The maximum Gasteiger partial charge on any atom is 0.139 e. The minimum absolute atomic E-state index is 0.396. The van der Waals surface area contributed by atoms with E-state index < -0.39 is 5.60 Å². The Morgan fingerprint density at radius 3 is 1.71 bits per heavy atom. The van der Waals surface area contributed by atoms with Gasteiger partial charge in [0, 0.05) is 19.4 Å². The Balaban J connectivity index is 1.11. The van der Waals surface area contributed by atoms with Crippen LogP contribution in [0.2, 0.25) is 0 Å². The monoisotopic (exact) mass is 653 g/mol. The van der Waals surface area contributed by atoms with Crippen molar-refractivity contribution in [1.82, 2.24) is 0 Å². The van der Waals surface area contributed by atoms with Crippen molar-refractivity contribution < 1.29 is 9.53 Å². The molecule has 0 heterocycles. The Kier molecular flexibility index (Phi) is 14.9. The van der Waals surface area contributed by atoms with Crippen LogP contribution in [0.15, 0.2) is 72.8 Å². The third kappa shape index (κ3) is 9.53. The molecule has 2 aromatic rings. The number of hydrogen-bond donors (Lipinski definition) is 0. The van der Waals surface area contributed by atoms with E-state index in [9.17, 15) is 4.79 Å². The zero-order chi connectivity index (χ0) is 33.5. The largest absolute Gasteiger partial charge is 0.361 e. The van der Waals surface area contributed by atoms with E-state index in [4.69, 9.17) is 11.3 Å². The number of ether oxygens (including phenoxy) is 1. The summed E-state index contributed by atoms with van der Waals surface area (Å²) < 4.78 is 7.08. The molecule has 0 saturated heterocycles. The second-order valence-electron chi connectivity index (χ2n) is 16.1. The molecular formula is C46H68O2. The SMILES string of the molecule is C=C(CC1CC2CCC(C1)C21CCCC1)C(OCCCC(=O)CCCCCCCCCCCCCC)(c1ccccc1)c1ccccc1. The van der Waals surface area contributed by atoms with Gasteiger partial charge in [0.2, 0.25) is 0 Å². The van der Waals surface area contributed by atoms with E-state index in [1.165, 1.54) is 128 Å². The van der Waals surface area contributed by atoms with Gasteiger partial charge in [-0.15, -0.1) is 0 Å². The van der Waals surface area contributed by atoms with E-state index in [-0.39, 0.29) is 0 Å². The molecule has 264 valence electrons. The first kappa shape index (κ1) is 37.1. The second kappa shape index (κ2) is 19.3. The quantitative estimate of drug-likeness (QED) is 0.0882. The first-order valence-corrected chi connectivity index (χ1v) is 20.5. The molecule has 3 aliphatic rings. The lowest BCUT2D eigenvalue weighted by Gasteiger charge is -2.46. The van der Waals surface area contributed by atoms with E-state index in [2.05, 4.69) is 67.6 Å². The average Bonchev–Trinajstić information content (AvgIpc) is 3.66. The highest BCUT2D eigenvalue weighted by Crippen LogP contribution is 2.64. The van der Waals surface area contributed by atoms with Crippen LogP contribution >= 0.6 is 0 Å². The lowest BCUT2D eigenvalue weighted by Crippen LogP contribution is -2.38. The Bertz CT molecular complexity index is 1150. The summed E-state index contributed by atoms with van der Waals surface area (Å²) in [5, 5.41) is 0. The number of ketones is 1. The third-order valence-electron chi connectivity index (χ3n) is 12.9. The predicted molar refractivity (Wildman–Crippen MR) is 203 cm³/mol. The highest BCUT2D eigenvalue weighted by molar-refractivity contribution is 5.78. The van der Waals surface area contributed by atoms with Gasteiger partial charge in [0.25, 0.3) is 0 Å². The Hall–Kier alpha value is -2.19. The van der Waals surface area contributed by atoms with Crippen LogP contribution in [0.3, 0.4) is 0 Å². The smallest absolute Gasteiger partial charge is 0.139 e. The van der Waals surface area contributed by atoms with Crippen molar-refractivity contribution in [2.45, 2.75) is 167 Å². The van der Waals surface area contributed by atoms with Gasteiger partial charge in [-0.05, 0) is 97.7 Å². The first-order chi connectivity index (χ1) is 23.6. The lowest BCUT2D eigenvalue weighted by atomic mass is 9.60. The van der Waals surface area contributed by atoms with E-state index in [0.29, 0.717) is 30.1 Å². The van der Waals surface area contributed by atoms with Crippen molar-refractivity contribution in [3.8, 4) is 0 Å². The van der Waals surface area contributed by atoms with Crippen LogP contribution in [0.25, 0.3) is 0 Å². The highest BCUT2D eigenvalue weighted by Gasteiger charge is 2.55. The van der Waals surface area contributed by atoms with Crippen molar-refractivity contribution in [2.75, 3.05) is 6.61 Å². The van der Waals surface area contributed by atoms with E-state index in [1.807, 2.05) is 0 Å².